The van der Waals surface area contributed by atoms with Crippen LogP contribution in [0.4, 0.5) is 0 Å². The van der Waals surface area contributed by atoms with Gasteiger partial charge in [-0.2, -0.15) is 5.10 Å². The summed E-state index contributed by atoms with van der Waals surface area (Å²) in [6.07, 6.45) is 1.33. The fraction of sp³-hybridized carbons (Fsp3) is 0.125. The van der Waals surface area contributed by atoms with Crippen molar-refractivity contribution in [3.05, 3.63) is 105 Å². The third kappa shape index (κ3) is 5.61. The Morgan fingerprint density at radius 2 is 1.61 bits per heavy atom. The second-order valence-corrected chi connectivity index (χ2v) is 7.68. The lowest BCUT2D eigenvalue weighted by atomic mass is 10.1. The number of benzene rings is 2. The van der Waals surface area contributed by atoms with Crippen LogP contribution in [0.1, 0.15) is 0 Å². The number of hydrogen-bond donors (Lipinski definition) is 1. The molecule has 0 radical (unpaired) electrons. The number of nitrogens with one attached hydrogen (secondary N) is 1. The standard InChI is InChI=1S/C24H20ClN5O3/c25-19-8-6-18(7-9-19)21-14-24(33)29(16-27-21)15-22(31)26-12-13-30-23(32)11-10-20(28-30)17-4-2-1-3-5-17/h1-11,14,16H,12-13,15H2,(H,26,31). The van der Waals surface area contributed by atoms with E-state index in [2.05, 4.69) is 15.4 Å². The fourth-order valence-electron chi connectivity index (χ4n) is 3.21. The molecule has 8 nitrogen and oxygen atoms in total. The SMILES string of the molecule is O=C(Cn1cnc(-c2ccc(Cl)cc2)cc1=O)NCCn1nc(-c2ccccc2)ccc1=O. The Hall–Kier alpha value is -4.04. The molecule has 0 unspecified atom stereocenters. The number of rotatable bonds is 7. The first-order chi connectivity index (χ1) is 16.0. The molecule has 4 rings (SSSR count). The van der Waals surface area contributed by atoms with E-state index in [0.29, 0.717) is 16.4 Å². The van der Waals surface area contributed by atoms with Crippen LogP contribution in [-0.4, -0.2) is 31.8 Å². The highest BCUT2D eigenvalue weighted by Crippen LogP contribution is 2.18. The Kier molecular flexibility index (Phi) is 6.75. The summed E-state index contributed by atoms with van der Waals surface area (Å²) in [7, 11) is 0. The minimum absolute atomic E-state index is 0.181. The quantitative estimate of drug-likeness (QED) is 0.456. The molecule has 1 N–H and O–H groups in total. The third-order valence-corrected chi connectivity index (χ3v) is 5.17. The molecule has 0 saturated carbocycles. The molecule has 0 aliphatic rings. The van der Waals surface area contributed by atoms with E-state index in [9.17, 15) is 14.4 Å². The molecule has 1 amide bonds. The lowest BCUT2D eigenvalue weighted by Crippen LogP contribution is -2.35. The molecule has 33 heavy (non-hydrogen) atoms. The van der Waals surface area contributed by atoms with Crippen molar-refractivity contribution in [1.82, 2.24) is 24.6 Å². The van der Waals surface area contributed by atoms with Crippen molar-refractivity contribution in [2.24, 2.45) is 0 Å². The van der Waals surface area contributed by atoms with E-state index in [1.807, 2.05) is 30.3 Å². The summed E-state index contributed by atoms with van der Waals surface area (Å²) in [6, 6.07) is 21.0. The van der Waals surface area contributed by atoms with Gasteiger partial charge in [0.05, 0.1) is 24.3 Å². The first kappa shape index (κ1) is 22.2. The van der Waals surface area contributed by atoms with Crippen molar-refractivity contribution in [1.29, 1.82) is 0 Å². The number of nitrogens with zero attached hydrogens (tertiary/aromatic N) is 4. The van der Waals surface area contributed by atoms with Crippen molar-refractivity contribution >= 4 is 17.5 Å². The lowest BCUT2D eigenvalue weighted by Gasteiger charge is -2.10. The molecule has 0 aliphatic heterocycles. The van der Waals surface area contributed by atoms with Gasteiger partial charge in [-0.15, -0.1) is 0 Å². The van der Waals surface area contributed by atoms with Gasteiger partial charge in [-0.3, -0.25) is 19.0 Å². The second-order valence-electron chi connectivity index (χ2n) is 7.24. The van der Waals surface area contributed by atoms with E-state index in [0.717, 1.165) is 11.1 Å². The molecule has 2 heterocycles. The first-order valence-corrected chi connectivity index (χ1v) is 10.6. The van der Waals surface area contributed by atoms with Crippen molar-refractivity contribution in [2.45, 2.75) is 13.1 Å². The van der Waals surface area contributed by atoms with Gasteiger partial charge >= 0.3 is 0 Å². The van der Waals surface area contributed by atoms with Crippen molar-refractivity contribution in [3.63, 3.8) is 0 Å². The summed E-state index contributed by atoms with van der Waals surface area (Å²) in [5.41, 5.74) is 2.20. The molecule has 0 saturated heterocycles. The molecule has 2 aromatic heterocycles. The maximum absolute atomic E-state index is 12.4. The average molecular weight is 462 g/mol. The molecule has 0 atom stereocenters. The van der Waals surface area contributed by atoms with E-state index in [-0.39, 0.29) is 36.7 Å². The number of halogens is 1. The number of carbonyl (C=O) groups is 1. The fourth-order valence-corrected chi connectivity index (χ4v) is 3.33. The Labute approximate surface area is 194 Å². The van der Waals surface area contributed by atoms with Crippen LogP contribution in [0.25, 0.3) is 22.5 Å². The monoisotopic (exact) mass is 461 g/mol. The van der Waals surface area contributed by atoms with Gasteiger partial charge in [0.2, 0.25) is 5.91 Å². The Bertz CT molecular complexity index is 1380. The maximum Gasteiger partial charge on any atom is 0.266 e. The lowest BCUT2D eigenvalue weighted by molar-refractivity contribution is -0.121. The normalized spacial score (nSPS) is 10.7. The predicted molar refractivity (Wildman–Crippen MR) is 126 cm³/mol. The molecule has 9 heteroatoms. The van der Waals surface area contributed by atoms with Crippen molar-refractivity contribution in [2.75, 3.05) is 6.54 Å². The van der Waals surface area contributed by atoms with Crippen LogP contribution >= 0.6 is 11.6 Å². The van der Waals surface area contributed by atoms with Crippen LogP contribution in [0.15, 0.2) is 88.7 Å². The molecule has 4 aromatic rings. The molecule has 2 aromatic carbocycles. The van der Waals surface area contributed by atoms with Gasteiger partial charge in [-0.1, -0.05) is 54.1 Å². The van der Waals surface area contributed by atoms with Crippen LogP contribution in [0.5, 0.6) is 0 Å². The van der Waals surface area contributed by atoms with Crippen LogP contribution in [0.2, 0.25) is 5.02 Å². The minimum atomic E-state index is -0.370. The highest BCUT2D eigenvalue weighted by molar-refractivity contribution is 6.30. The first-order valence-electron chi connectivity index (χ1n) is 10.2. The zero-order valence-corrected chi connectivity index (χ0v) is 18.3. The number of amides is 1. The Balaban J connectivity index is 1.36. The smallest absolute Gasteiger partial charge is 0.266 e. The summed E-state index contributed by atoms with van der Waals surface area (Å²) >= 11 is 5.88. The van der Waals surface area contributed by atoms with Gasteiger partial charge in [-0.25, -0.2) is 9.67 Å². The highest BCUT2D eigenvalue weighted by atomic mass is 35.5. The van der Waals surface area contributed by atoms with E-state index in [1.54, 1.807) is 30.3 Å². The number of carbonyl (C=O) groups excluding carboxylic acids is 1. The van der Waals surface area contributed by atoms with Crippen LogP contribution in [0.3, 0.4) is 0 Å². The molecule has 0 spiro atoms. The molecular formula is C24H20ClN5O3. The highest BCUT2D eigenvalue weighted by Gasteiger charge is 2.08. The molecular weight excluding hydrogens is 442 g/mol. The number of hydrogen-bond acceptors (Lipinski definition) is 5. The van der Waals surface area contributed by atoms with Gasteiger partial charge in [0, 0.05) is 34.8 Å². The van der Waals surface area contributed by atoms with Gasteiger partial charge in [0.1, 0.15) is 6.54 Å². The minimum Gasteiger partial charge on any atom is -0.353 e. The topological polar surface area (TPSA) is 98.9 Å². The Morgan fingerprint density at radius 3 is 2.33 bits per heavy atom. The summed E-state index contributed by atoms with van der Waals surface area (Å²) in [6.45, 7) is 0.210. The molecule has 166 valence electrons. The summed E-state index contributed by atoms with van der Waals surface area (Å²) in [4.78, 5) is 41.1. The second kappa shape index (κ2) is 10.1. The van der Waals surface area contributed by atoms with Crippen LogP contribution < -0.4 is 16.4 Å². The largest absolute Gasteiger partial charge is 0.353 e. The zero-order chi connectivity index (χ0) is 23.2. The molecule has 0 fully saturated rings. The zero-order valence-electron chi connectivity index (χ0n) is 17.5. The van der Waals surface area contributed by atoms with Gasteiger partial charge in [-0.05, 0) is 18.2 Å². The number of aromatic nitrogens is 4. The van der Waals surface area contributed by atoms with E-state index in [1.165, 1.54) is 27.7 Å². The van der Waals surface area contributed by atoms with E-state index >= 15 is 0 Å². The van der Waals surface area contributed by atoms with Gasteiger partial charge in [0.25, 0.3) is 11.1 Å². The van der Waals surface area contributed by atoms with Crippen molar-refractivity contribution in [3.8, 4) is 22.5 Å². The van der Waals surface area contributed by atoms with Gasteiger partial charge < -0.3 is 5.32 Å². The third-order valence-electron chi connectivity index (χ3n) is 4.92. The van der Waals surface area contributed by atoms with Crippen LogP contribution in [-0.2, 0) is 17.9 Å². The van der Waals surface area contributed by atoms with Gasteiger partial charge in [0.15, 0.2) is 0 Å². The maximum atomic E-state index is 12.4. The van der Waals surface area contributed by atoms with E-state index in [4.69, 9.17) is 11.6 Å². The average Bonchev–Trinajstić information content (AvgIpc) is 2.83. The summed E-state index contributed by atoms with van der Waals surface area (Å²) in [5, 5.41) is 7.66. The summed E-state index contributed by atoms with van der Waals surface area (Å²) in [5.74, 6) is -0.370. The molecule has 0 aliphatic carbocycles. The van der Waals surface area contributed by atoms with Crippen LogP contribution in [0, 0.1) is 0 Å². The summed E-state index contributed by atoms with van der Waals surface area (Å²) < 4.78 is 2.52. The predicted octanol–water partition coefficient (Wildman–Crippen LogP) is 2.60. The molecule has 0 bridgehead atoms. The van der Waals surface area contributed by atoms with Crippen molar-refractivity contribution < 1.29 is 4.79 Å². The van der Waals surface area contributed by atoms with E-state index < -0.39 is 0 Å². The Morgan fingerprint density at radius 1 is 0.879 bits per heavy atom.